The number of amides is 1. The molecule has 4 rings (SSSR count). The van der Waals surface area contributed by atoms with Crippen molar-refractivity contribution < 1.29 is 4.79 Å². The molecule has 1 amide bonds. The number of carbonyl (C=O) groups is 1. The Labute approximate surface area is 170 Å². The standard InChI is InChI=1S/C22H24Cl2N2O/c1-15-11-16-5-2-3-7-21(16)26(15)22(27)18-6-4-10-25(14-18)13-17-8-9-19(23)12-20(17)24/h2-3,5,7-9,12,15,18H,4,6,10-11,13-14H2,1H3/t15-,18-/m0/s1. The van der Waals surface area contributed by atoms with Gasteiger partial charge in [0.15, 0.2) is 0 Å². The SMILES string of the molecule is C[C@H]1Cc2ccccc2N1C(=O)[C@H]1CCCN(Cc2ccc(Cl)cc2Cl)C1. The summed E-state index contributed by atoms with van der Waals surface area (Å²) < 4.78 is 0. The second kappa shape index (κ2) is 7.83. The van der Waals surface area contributed by atoms with E-state index in [1.54, 1.807) is 6.07 Å². The molecule has 2 aromatic rings. The Balaban J connectivity index is 1.47. The summed E-state index contributed by atoms with van der Waals surface area (Å²) in [6.07, 6.45) is 2.93. The number of benzene rings is 2. The van der Waals surface area contributed by atoms with Crippen LogP contribution in [-0.2, 0) is 17.8 Å². The van der Waals surface area contributed by atoms with Crippen LogP contribution in [0.5, 0.6) is 0 Å². The van der Waals surface area contributed by atoms with E-state index in [0.717, 1.165) is 50.1 Å². The molecule has 27 heavy (non-hydrogen) atoms. The lowest BCUT2D eigenvalue weighted by molar-refractivity contribution is -0.124. The van der Waals surface area contributed by atoms with Crippen molar-refractivity contribution in [1.82, 2.24) is 4.90 Å². The van der Waals surface area contributed by atoms with Crippen molar-refractivity contribution in [2.24, 2.45) is 5.92 Å². The summed E-state index contributed by atoms with van der Waals surface area (Å²) in [6, 6.07) is 14.2. The Morgan fingerprint density at radius 1 is 1.19 bits per heavy atom. The number of hydrogen-bond donors (Lipinski definition) is 0. The first-order valence-electron chi connectivity index (χ1n) is 9.60. The largest absolute Gasteiger partial charge is 0.309 e. The third-order valence-electron chi connectivity index (χ3n) is 5.71. The first-order valence-corrected chi connectivity index (χ1v) is 10.4. The van der Waals surface area contributed by atoms with E-state index in [4.69, 9.17) is 23.2 Å². The summed E-state index contributed by atoms with van der Waals surface area (Å²) >= 11 is 12.3. The van der Waals surface area contributed by atoms with E-state index in [9.17, 15) is 4.79 Å². The van der Waals surface area contributed by atoms with Gasteiger partial charge in [-0.05, 0) is 62.1 Å². The van der Waals surface area contributed by atoms with Gasteiger partial charge in [-0.1, -0.05) is 47.5 Å². The lowest BCUT2D eigenvalue weighted by Gasteiger charge is -2.35. The highest BCUT2D eigenvalue weighted by Gasteiger charge is 2.36. The Hall–Kier alpha value is -1.55. The summed E-state index contributed by atoms with van der Waals surface area (Å²) in [5, 5.41) is 1.34. The molecule has 0 aliphatic carbocycles. The Bertz CT molecular complexity index is 854. The van der Waals surface area contributed by atoms with Gasteiger partial charge in [0.1, 0.15) is 0 Å². The van der Waals surface area contributed by atoms with Gasteiger partial charge in [-0.25, -0.2) is 0 Å². The molecule has 1 fully saturated rings. The van der Waals surface area contributed by atoms with Gasteiger partial charge >= 0.3 is 0 Å². The van der Waals surface area contributed by atoms with E-state index in [0.29, 0.717) is 10.0 Å². The van der Waals surface area contributed by atoms with E-state index >= 15 is 0 Å². The fraction of sp³-hybridized carbons (Fsp3) is 0.409. The van der Waals surface area contributed by atoms with E-state index in [1.807, 2.05) is 23.1 Å². The molecule has 0 N–H and O–H groups in total. The van der Waals surface area contributed by atoms with E-state index in [1.165, 1.54) is 5.56 Å². The number of halogens is 2. The monoisotopic (exact) mass is 402 g/mol. The van der Waals surface area contributed by atoms with Crippen molar-refractivity contribution in [2.75, 3.05) is 18.0 Å². The molecule has 2 atom stereocenters. The first-order chi connectivity index (χ1) is 13.0. The number of piperidine rings is 1. The predicted octanol–water partition coefficient (Wildman–Crippen LogP) is 5.18. The van der Waals surface area contributed by atoms with Crippen molar-refractivity contribution in [2.45, 2.75) is 38.8 Å². The summed E-state index contributed by atoms with van der Waals surface area (Å²) in [4.78, 5) is 17.7. The number of nitrogens with zero attached hydrogens (tertiary/aromatic N) is 2. The van der Waals surface area contributed by atoms with Crippen LogP contribution < -0.4 is 4.90 Å². The predicted molar refractivity (Wildman–Crippen MR) is 112 cm³/mol. The van der Waals surface area contributed by atoms with E-state index in [-0.39, 0.29) is 17.9 Å². The van der Waals surface area contributed by atoms with Crippen molar-refractivity contribution in [3.63, 3.8) is 0 Å². The number of likely N-dealkylation sites (tertiary alicyclic amines) is 1. The molecular weight excluding hydrogens is 379 g/mol. The van der Waals surface area contributed by atoms with E-state index < -0.39 is 0 Å². The minimum Gasteiger partial charge on any atom is -0.309 e. The number of carbonyl (C=O) groups excluding carboxylic acids is 1. The lowest BCUT2D eigenvalue weighted by atomic mass is 9.95. The number of fused-ring (bicyclic) bond motifs is 1. The van der Waals surface area contributed by atoms with Gasteiger partial charge in [-0.2, -0.15) is 0 Å². The quantitative estimate of drug-likeness (QED) is 0.705. The number of hydrogen-bond acceptors (Lipinski definition) is 2. The minimum atomic E-state index is 0.0402. The smallest absolute Gasteiger partial charge is 0.231 e. The van der Waals surface area contributed by atoms with Crippen LogP contribution in [0.4, 0.5) is 5.69 Å². The van der Waals surface area contributed by atoms with Crippen molar-refractivity contribution in [1.29, 1.82) is 0 Å². The Morgan fingerprint density at radius 2 is 2.00 bits per heavy atom. The maximum Gasteiger partial charge on any atom is 0.231 e. The maximum absolute atomic E-state index is 13.3. The van der Waals surface area contributed by atoms with Crippen LogP contribution in [0, 0.1) is 5.92 Å². The molecule has 0 saturated carbocycles. The molecule has 0 unspecified atom stereocenters. The molecule has 0 radical (unpaired) electrons. The van der Waals surface area contributed by atoms with Gasteiger partial charge in [0.25, 0.3) is 0 Å². The third kappa shape index (κ3) is 3.87. The summed E-state index contributed by atoms with van der Waals surface area (Å²) in [5.41, 5.74) is 3.43. The van der Waals surface area contributed by atoms with Gasteiger partial charge in [0.05, 0.1) is 5.92 Å². The van der Waals surface area contributed by atoms with Crippen LogP contribution in [0.15, 0.2) is 42.5 Å². The average molecular weight is 403 g/mol. The number of anilines is 1. The second-order valence-electron chi connectivity index (χ2n) is 7.70. The molecule has 2 heterocycles. The Kier molecular flexibility index (Phi) is 5.45. The van der Waals surface area contributed by atoms with Crippen LogP contribution in [0.3, 0.4) is 0 Å². The molecule has 2 aliphatic rings. The van der Waals surface area contributed by atoms with Gasteiger partial charge in [-0.3, -0.25) is 9.69 Å². The molecule has 5 heteroatoms. The highest BCUT2D eigenvalue weighted by Crippen LogP contribution is 2.34. The zero-order valence-electron chi connectivity index (χ0n) is 15.5. The average Bonchev–Trinajstić information content (AvgIpc) is 2.99. The molecule has 2 aliphatic heterocycles. The van der Waals surface area contributed by atoms with Crippen molar-refractivity contribution >= 4 is 34.8 Å². The topological polar surface area (TPSA) is 23.6 Å². The molecule has 0 aromatic heterocycles. The molecule has 2 aromatic carbocycles. The van der Waals surface area contributed by atoms with Gasteiger partial charge in [-0.15, -0.1) is 0 Å². The second-order valence-corrected chi connectivity index (χ2v) is 8.54. The normalized spacial score (nSPS) is 22.7. The van der Waals surface area contributed by atoms with Crippen LogP contribution in [0.1, 0.15) is 30.9 Å². The van der Waals surface area contributed by atoms with Gasteiger partial charge in [0, 0.05) is 34.9 Å². The van der Waals surface area contributed by atoms with Crippen LogP contribution in [0.2, 0.25) is 10.0 Å². The summed E-state index contributed by atoms with van der Waals surface area (Å²) in [7, 11) is 0. The Morgan fingerprint density at radius 3 is 2.81 bits per heavy atom. The molecule has 1 saturated heterocycles. The summed E-state index contributed by atoms with van der Waals surface area (Å²) in [6.45, 7) is 4.68. The summed E-state index contributed by atoms with van der Waals surface area (Å²) in [5.74, 6) is 0.304. The highest BCUT2D eigenvalue weighted by molar-refractivity contribution is 6.35. The van der Waals surface area contributed by atoms with Crippen LogP contribution in [-0.4, -0.2) is 29.9 Å². The molecule has 142 valence electrons. The van der Waals surface area contributed by atoms with Gasteiger partial charge in [0.2, 0.25) is 5.91 Å². The third-order valence-corrected chi connectivity index (χ3v) is 6.30. The first kappa shape index (κ1) is 18.8. The van der Waals surface area contributed by atoms with Gasteiger partial charge < -0.3 is 4.90 Å². The zero-order valence-corrected chi connectivity index (χ0v) is 17.0. The van der Waals surface area contributed by atoms with Crippen molar-refractivity contribution in [3.05, 3.63) is 63.6 Å². The number of rotatable bonds is 3. The molecule has 0 bridgehead atoms. The fourth-order valence-corrected chi connectivity index (χ4v) is 4.86. The fourth-order valence-electron chi connectivity index (χ4n) is 4.39. The zero-order chi connectivity index (χ0) is 19.0. The van der Waals surface area contributed by atoms with Crippen LogP contribution >= 0.6 is 23.2 Å². The van der Waals surface area contributed by atoms with Crippen LogP contribution in [0.25, 0.3) is 0 Å². The van der Waals surface area contributed by atoms with Crippen molar-refractivity contribution in [3.8, 4) is 0 Å². The molecule has 0 spiro atoms. The van der Waals surface area contributed by atoms with E-state index in [2.05, 4.69) is 30.0 Å². The molecular formula is C22H24Cl2N2O. The molecule has 3 nitrogen and oxygen atoms in total. The lowest BCUT2D eigenvalue weighted by Crippen LogP contribution is -2.46. The maximum atomic E-state index is 13.3. The minimum absolute atomic E-state index is 0.0402. The highest BCUT2D eigenvalue weighted by atomic mass is 35.5. The number of para-hydroxylation sites is 1.